The van der Waals surface area contributed by atoms with E-state index in [0.717, 1.165) is 36.0 Å². The molecule has 1 aromatic heterocycles. The van der Waals surface area contributed by atoms with Gasteiger partial charge in [-0.25, -0.2) is 9.37 Å². The van der Waals surface area contributed by atoms with Crippen molar-refractivity contribution in [2.24, 2.45) is 0 Å². The van der Waals surface area contributed by atoms with Crippen LogP contribution in [0.2, 0.25) is 0 Å². The number of nitrogens with one attached hydrogen (secondary N) is 1. The zero-order valence-electron chi connectivity index (χ0n) is 15.5. The van der Waals surface area contributed by atoms with Gasteiger partial charge in [0.15, 0.2) is 4.34 Å². The maximum absolute atomic E-state index is 12.9. The van der Waals surface area contributed by atoms with Gasteiger partial charge in [-0.05, 0) is 37.1 Å². The van der Waals surface area contributed by atoms with E-state index in [1.807, 2.05) is 10.3 Å². The van der Waals surface area contributed by atoms with Crippen LogP contribution >= 0.6 is 23.1 Å². The third-order valence-corrected chi connectivity index (χ3v) is 5.73. The Kier molecular flexibility index (Phi) is 8.74. The predicted molar refractivity (Wildman–Crippen MR) is 109 cm³/mol. The lowest BCUT2D eigenvalue weighted by Gasteiger charge is -2.20. The molecular weight excluding hydrogens is 385 g/mol. The van der Waals surface area contributed by atoms with Crippen LogP contribution in [0, 0.1) is 5.82 Å². The number of carbonyl (C=O) groups excluding carboxylic acids is 2. The second-order valence-corrected chi connectivity index (χ2v) is 8.09. The minimum atomic E-state index is -0.344. The smallest absolute Gasteiger partial charge is 0.234 e. The maximum Gasteiger partial charge on any atom is 0.234 e. The zero-order valence-corrected chi connectivity index (χ0v) is 17.2. The van der Waals surface area contributed by atoms with E-state index in [4.69, 9.17) is 0 Å². The average Bonchev–Trinajstić information content (AvgIpc) is 3.09. The van der Waals surface area contributed by atoms with Crippen LogP contribution in [0.25, 0.3) is 0 Å². The highest BCUT2D eigenvalue weighted by atomic mass is 32.2. The summed E-state index contributed by atoms with van der Waals surface area (Å²) in [5, 5.41) is 4.58. The van der Waals surface area contributed by atoms with E-state index in [0.29, 0.717) is 12.1 Å². The molecule has 1 N–H and O–H groups in total. The third kappa shape index (κ3) is 7.30. The number of hydrogen-bond donors (Lipinski definition) is 1. The molecule has 0 bridgehead atoms. The summed E-state index contributed by atoms with van der Waals surface area (Å²) >= 11 is 2.76. The standard InChI is InChI=1S/C19H24FN3O2S2/c1-3-9-23(10-4-2)18(25)11-16-12-26-19(22-16)27-13-17(24)21-15-7-5-14(20)6-8-15/h5-8,12H,3-4,9-11,13H2,1-2H3,(H,21,24). The molecule has 5 nitrogen and oxygen atoms in total. The fraction of sp³-hybridized carbons (Fsp3) is 0.421. The highest BCUT2D eigenvalue weighted by Crippen LogP contribution is 2.23. The first-order chi connectivity index (χ1) is 13.0. The molecule has 0 aliphatic heterocycles. The SMILES string of the molecule is CCCN(CCC)C(=O)Cc1csc(SCC(=O)Nc2ccc(F)cc2)n1. The van der Waals surface area contributed by atoms with Gasteiger partial charge in [-0.2, -0.15) is 0 Å². The first-order valence-electron chi connectivity index (χ1n) is 8.92. The molecule has 0 atom stereocenters. The second-order valence-electron chi connectivity index (χ2n) is 6.01. The van der Waals surface area contributed by atoms with Crippen molar-refractivity contribution in [3.05, 3.63) is 41.2 Å². The Balaban J connectivity index is 1.81. The second kappa shape index (κ2) is 11.0. The maximum atomic E-state index is 12.9. The van der Waals surface area contributed by atoms with Crippen molar-refractivity contribution in [3.63, 3.8) is 0 Å². The summed E-state index contributed by atoms with van der Waals surface area (Å²) in [6.45, 7) is 5.65. The lowest BCUT2D eigenvalue weighted by molar-refractivity contribution is -0.130. The van der Waals surface area contributed by atoms with Gasteiger partial charge in [-0.15, -0.1) is 11.3 Å². The molecule has 0 radical (unpaired) electrons. The van der Waals surface area contributed by atoms with Crippen LogP contribution in [-0.4, -0.2) is 40.5 Å². The highest BCUT2D eigenvalue weighted by molar-refractivity contribution is 8.01. The molecule has 2 amide bonds. The third-order valence-electron chi connectivity index (χ3n) is 3.66. The first-order valence-corrected chi connectivity index (χ1v) is 10.8. The predicted octanol–water partition coefficient (Wildman–Crippen LogP) is 4.20. The van der Waals surface area contributed by atoms with Crippen LogP contribution in [0.4, 0.5) is 10.1 Å². The van der Waals surface area contributed by atoms with E-state index in [1.165, 1.54) is 47.4 Å². The van der Waals surface area contributed by atoms with E-state index in [9.17, 15) is 14.0 Å². The van der Waals surface area contributed by atoms with E-state index >= 15 is 0 Å². The summed E-state index contributed by atoms with van der Waals surface area (Å²) in [6, 6.07) is 5.63. The van der Waals surface area contributed by atoms with Gasteiger partial charge in [0, 0.05) is 24.2 Å². The number of benzene rings is 1. The van der Waals surface area contributed by atoms with Gasteiger partial charge in [-0.3, -0.25) is 9.59 Å². The number of thioether (sulfide) groups is 1. The molecule has 0 spiro atoms. The Morgan fingerprint density at radius 1 is 1.19 bits per heavy atom. The van der Waals surface area contributed by atoms with Crippen molar-refractivity contribution in [3.8, 4) is 0 Å². The van der Waals surface area contributed by atoms with E-state index in [1.54, 1.807) is 0 Å². The van der Waals surface area contributed by atoms with Crippen molar-refractivity contribution in [1.82, 2.24) is 9.88 Å². The molecular formula is C19H24FN3O2S2. The molecule has 0 aliphatic carbocycles. The van der Waals surface area contributed by atoms with Gasteiger partial charge in [0.2, 0.25) is 11.8 Å². The number of rotatable bonds is 10. The van der Waals surface area contributed by atoms with E-state index in [-0.39, 0.29) is 23.4 Å². The van der Waals surface area contributed by atoms with Crippen LogP contribution in [0.1, 0.15) is 32.4 Å². The Morgan fingerprint density at radius 2 is 1.85 bits per heavy atom. The molecule has 0 aliphatic rings. The van der Waals surface area contributed by atoms with Crippen molar-refractivity contribution in [1.29, 1.82) is 0 Å². The number of thiazole rings is 1. The van der Waals surface area contributed by atoms with E-state index < -0.39 is 0 Å². The summed E-state index contributed by atoms with van der Waals surface area (Å²) < 4.78 is 13.6. The van der Waals surface area contributed by atoms with Gasteiger partial charge in [-0.1, -0.05) is 25.6 Å². The quantitative estimate of drug-likeness (QED) is 0.597. The van der Waals surface area contributed by atoms with E-state index in [2.05, 4.69) is 24.1 Å². The number of nitrogens with zero attached hydrogens (tertiary/aromatic N) is 2. The molecule has 2 aromatic rings. The molecule has 0 saturated carbocycles. The first kappa shape index (κ1) is 21.4. The van der Waals surface area contributed by atoms with Crippen LogP contribution in [-0.2, 0) is 16.0 Å². The Bertz CT molecular complexity index is 744. The lowest BCUT2D eigenvalue weighted by Crippen LogP contribution is -2.33. The van der Waals surface area contributed by atoms with Crippen molar-refractivity contribution < 1.29 is 14.0 Å². The fourth-order valence-electron chi connectivity index (χ4n) is 2.46. The molecule has 27 heavy (non-hydrogen) atoms. The summed E-state index contributed by atoms with van der Waals surface area (Å²) in [5.74, 6) is -0.231. The summed E-state index contributed by atoms with van der Waals surface area (Å²) in [6.07, 6.45) is 2.17. The fourth-order valence-corrected chi connectivity index (χ4v) is 4.11. The molecule has 0 fully saturated rings. The van der Waals surface area contributed by atoms with Gasteiger partial charge in [0.1, 0.15) is 5.82 Å². The molecule has 146 valence electrons. The molecule has 1 aromatic carbocycles. The van der Waals surface area contributed by atoms with Crippen molar-refractivity contribution in [2.45, 2.75) is 37.4 Å². The number of anilines is 1. The summed E-state index contributed by atoms with van der Waals surface area (Å²) in [5.41, 5.74) is 1.29. The highest BCUT2D eigenvalue weighted by Gasteiger charge is 2.15. The molecule has 0 saturated heterocycles. The number of amides is 2. The normalized spacial score (nSPS) is 10.6. The molecule has 1 heterocycles. The van der Waals surface area contributed by atoms with Gasteiger partial charge < -0.3 is 10.2 Å². The Hall–Kier alpha value is -1.93. The number of halogens is 1. The van der Waals surface area contributed by atoms with Gasteiger partial charge in [0.25, 0.3) is 0 Å². The summed E-state index contributed by atoms with van der Waals surface area (Å²) in [4.78, 5) is 30.7. The Labute approximate surface area is 167 Å². The topological polar surface area (TPSA) is 62.3 Å². The molecule has 0 unspecified atom stereocenters. The van der Waals surface area contributed by atoms with Crippen LogP contribution in [0.15, 0.2) is 34.0 Å². The minimum absolute atomic E-state index is 0.0922. The van der Waals surface area contributed by atoms with Gasteiger partial charge in [0.05, 0.1) is 17.9 Å². The zero-order chi connectivity index (χ0) is 19.6. The number of hydrogen-bond acceptors (Lipinski definition) is 5. The van der Waals surface area contributed by atoms with Crippen molar-refractivity contribution in [2.75, 3.05) is 24.2 Å². The number of carbonyl (C=O) groups is 2. The molecule has 8 heteroatoms. The molecule has 2 rings (SSSR count). The average molecular weight is 410 g/mol. The van der Waals surface area contributed by atoms with Crippen LogP contribution in [0.3, 0.4) is 0 Å². The lowest BCUT2D eigenvalue weighted by atomic mass is 10.2. The summed E-state index contributed by atoms with van der Waals surface area (Å²) in [7, 11) is 0. The van der Waals surface area contributed by atoms with Gasteiger partial charge >= 0.3 is 0 Å². The van der Waals surface area contributed by atoms with Crippen molar-refractivity contribution >= 4 is 40.6 Å². The number of aromatic nitrogens is 1. The monoisotopic (exact) mass is 409 g/mol. The minimum Gasteiger partial charge on any atom is -0.342 e. The van der Waals surface area contributed by atoms with Crippen LogP contribution < -0.4 is 5.32 Å². The largest absolute Gasteiger partial charge is 0.342 e. The Morgan fingerprint density at radius 3 is 2.48 bits per heavy atom. The van der Waals surface area contributed by atoms with Crippen LogP contribution in [0.5, 0.6) is 0 Å².